The monoisotopic (exact) mass is 441 g/mol. The van der Waals surface area contributed by atoms with Gasteiger partial charge < -0.3 is 0 Å². The van der Waals surface area contributed by atoms with Crippen molar-refractivity contribution in [2.75, 3.05) is 19.6 Å². The fourth-order valence-corrected chi connectivity index (χ4v) is 4.29. The lowest BCUT2D eigenvalue weighted by atomic mass is 9.96. The predicted molar refractivity (Wildman–Crippen MR) is 121 cm³/mol. The van der Waals surface area contributed by atoms with Crippen LogP contribution in [-0.2, 0) is 6.42 Å². The third-order valence-corrected chi connectivity index (χ3v) is 6.16. The molecular weight excluding hydrogens is 419 g/mol. The molecule has 0 aromatic heterocycles. The van der Waals surface area contributed by atoms with Gasteiger partial charge in [0.1, 0.15) is 5.82 Å². The van der Waals surface area contributed by atoms with Gasteiger partial charge in [-0.3, -0.25) is 4.90 Å². The molecular formula is C26H23ClF3N. The van der Waals surface area contributed by atoms with Gasteiger partial charge in [0.05, 0.1) is 0 Å². The molecule has 3 aromatic carbocycles. The highest BCUT2D eigenvalue weighted by Gasteiger charge is 2.20. The molecule has 160 valence electrons. The summed E-state index contributed by atoms with van der Waals surface area (Å²) in [4.78, 5) is 2.26. The van der Waals surface area contributed by atoms with E-state index in [-0.39, 0.29) is 11.1 Å². The Balaban J connectivity index is 1.40. The molecule has 0 fully saturated rings. The van der Waals surface area contributed by atoms with Gasteiger partial charge in [-0.2, -0.15) is 0 Å². The van der Waals surface area contributed by atoms with Gasteiger partial charge >= 0.3 is 0 Å². The molecule has 0 radical (unpaired) electrons. The Bertz CT molecular complexity index is 1130. The second kappa shape index (κ2) is 9.29. The smallest absolute Gasteiger partial charge is 0.164 e. The number of hydrogen-bond donors (Lipinski definition) is 0. The molecule has 0 aliphatic carbocycles. The van der Waals surface area contributed by atoms with E-state index in [1.165, 1.54) is 6.92 Å². The second-order valence-electron chi connectivity index (χ2n) is 7.87. The van der Waals surface area contributed by atoms with E-state index in [4.69, 9.17) is 11.6 Å². The molecule has 0 N–H and O–H groups in total. The Morgan fingerprint density at radius 3 is 2.39 bits per heavy atom. The summed E-state index contributed by atoms with van der Waals surface area (Å²) >= 11 is 6.51. The highest BCUT2D eigenvalue weighted by Crippen LogP contribution is 2.30. The van der Waals surface area contributed by atoms with Crippen LogP contribution >= 0.6 is 11.6 Å². The standard InChI is InChI=1S/C26H23ClF3N/c1-17-25(29)22(16-24(28)26(17)30)20-10-13-31(14-11-20)12-9-18-7-8-21(23(27)15-18)19-5-3-2-4-6-19/h2-8,10,15-16H,9,11-14H2,1H3. The summed E-state index contributed by atoms with van der Waals surface area (Å²) in [7, 11) is 0. The molecule has 0 unspecified atom stereocenters. The van der Waals surface area contributed by atoms with Crippen molar-refractivity contribution in [3.63, 3.8) is 0 Å². The van der Waals surface area contributed by atoms with Gasteiger partial charge in [-0.05, 0) is 48.6 Å². The third-order valence-electron chi connectivity index (χ3n) is 5.85. The van der Waals surface area contributed by atoms with Crippen molar-refractivity contribution < 1.29 is 13.2 Å². The van der Waals surface area contributed by atoms with E-state index in [1.54, 1.807) is 0 Å². The fourth-order valence-electron chi connectivity index (χ4n) is 3.98. The van der Waals surface area contributed by atoms with Crippen molar-refractivity contribution in [3.05, 3.63) is 99.8 Å². The molecule has 0 saturated carbocycles. The van der Waals surface area contributed by atoms with Crippen molar-refractivity contribution in [2.45, 2.75) is 19.8 Å². The van der Waals surface area contributed by atoms with E-state index in [0.29, 0.717) is 13.0 Å². The molecule has 0 saturated heterocycles. The molecule has 1 aliphatic heterocycles. The second-order valence-corrected chi connectivity index (χ2v) is 8.28. The van der Waals surface area contributed by atoms with Crippen molar-refractivity contribution in [1.82, 2.24) is 4.90 Å². The SMILES string of the molecule is Cc1c(F)c(F)cc(C2=CCN(CCc3ccc(-c4ccccc4)c(Cl)c3)CC2)c1F. The van der Waals surface area contributed by atoms with E-state index >= 15 is 0 Å². The van der Waals surface area contributed by atoms with Crippen LogP contribution in [-0.4, -0.2) is 24.5 Å². The average molecular weight is 442 g/mol. The quantitative estimate of drug-likeness (QED) is 0.383. The normalized spacial score (nSPS) is 14.5. The lowest BCUT2D eigenvalue weighted by Crippen LogP contribution is -2.30. The Labute approximate surface area is 185 Å². The van der Waals surface area contributed by atoms with Crippen LogP contribution in [0.25, 0.3) is 16.7 Å². The van der Waals surface area contributed by atoms with Crippen LogP contribution in [0.2, 0.25) is 5.02 Å². The zero-order valence-corrected chi connectivity index (χ0v) is 18.0. The van der Waals surface area contributed by atoms with Gasteiger partial charge in [0, 0.05) is 41.3 Å². The number of hydrogen-bond acceptors (Lipinski definition) is 1. The summed E-state index contributed by atoms with van der Waals surface area (Å²) in [5.41, 5.74) is 3.88. The minimum Gasteiger partial charge on any atom is -0.299 e. The predicted octanol–water partition coefficient (Wildman–Crippen LogP) is 7.06. The first-order valence-electron chi connectivity index (χ1n) is 10.3. The summed E-state index contributed by atoms with van der Waals surface area (Å²) in [6, 6.07) is 17.2. The first kappa shape index (κ1) is 21.7. The molecule has 4 rings (SSSR count). The maximum Gasteiger partial charge on any atom is 0.164 e. The highest BCUT2D eigenvalue weighted by molar-refractivity contribution is 6.33. The van der Waals surface area contributed by atoms with Crippen LogP contribution < -0.4 is 0 Å². The summed E-state index contributed by atoms with van der Waals surface area (Å²) < 4.78 is 41.7. The maximum absolute atomic E-state index is 14.4. The summed E-state index contributed by atoms with van der Waals surface area (Å²) in [6.07, 6.45) is 3.34. The van der Waals surface area contributed by atoms with Crippen LogP contribution in [0, 0.1) is 24.4 Å². The minimum atomic E-state index is -1.11. The van der Waals surface area contributed by atoms with Gasteiger partial charge in [-0.25, -0.2) is 13.2 Å². The average Bonchev–Trinajstić information content (AvgIpc) is 2.80. The molecule has 1 heterocycles. The summed E-state index contributed by atoms with van der Waals surface area (Å²) in [5, 5.41) is 0.730. The van der Waals surface area contributed by atoms with Crippen LogP contribution in [0.15, 0.2) is 60.7 Å². The molecule has 0 spiro atoms. The van der Waals surface area contributed by atoms with E-state index in [9.17, 15) is 13.2 Å². The van der Waals surface area contributed by atoms with E-state index in [1.807, 2.05) is 42.5 Å². The zero-order valence-electron chi connectivity index (χ0n) is 17.3. The first-order valence-corrected chi connectivity index (χ1v) is 10.7. The van der Waals surface area contributed by atoms with Gasteiger partial charge in [0.2, 0.25) is 0 Å². The fraction of sp³-hybridized carbons (Fsp3) is 0.231. The van der Waals surface area contributed by atoms with Crippen molar-refractivity contribution in [1.29, 1.82) is 0 Å². The molecule has 3 aromatic rings. The number of halogens is 4. The molecule has 1 nitrogen and oxygen atoms in total. The highest BCUT2D eigenvalue weighted by atomic mass is 35.5. The van der Waals surface area contributed by atoms with E-state index < -0.39 is 17.5 Å². The summed E-state index contributed by atoms with van der Waals surface area (Å²) in [6.45, 7) is 3.48. The van der Waals surface area contributed by atoms with Crippen LogP contribution in [0.3, 0.4) is 0 Å². The molecule has 0 amide bonds. The summed E-state index contributed by atoms with van der Waals surface area (Å²) in [5.74, 6) is -2.80. The lowest BCUT2D eigenvalue weighted by Gasteiger charge is -2.27. The zero-order chi connectivity index (χ0) is 22.0. The number of rotatable bonds is 5. The van der Waals surface area contributed by atoms with Gasteiger partial charge in [-0.15, -0.1) is 0 Å². The Morgan fingerprint density at radius 1 is 0.935 bits per heavy atom. The van der Waals surface area contributed by atoms with Crippen molar-refractivity contribution in [3.8, 4) is 11.1 Å². The maximum atomic E-state index is 14.4. The molecule has 31 heavy (non-hydrogen) atoms. The largest absolute Gasteiger partial charge is 0.299 e. The molecule has 0 bridgehead atoms. The van der Waals surface area contributed by atoms with Gasteiger partial charge in [0.25, 0.3) is 0 Å². The Hall–Kier alpha value is -2.56. The third kappa shape index (κ3) is 4.70. The Morgan fingerprint density at radius 2 is 1.71 bits per heavy atom. The van der Waals surface area contributed by atoms with Crippen molar-refractivity contribution >= 4 is 17.2 Å². The van der Waals surface area contributed by atoms with Crippen LogP contribution in [0.4, 0.5) is 13.2 Å². The minimum absolute atomic E-state index is 0.166. The van der Waals surface area contributed by atoms with E-state index in [0.717, 1.165) is 52.9 Å². The van der Waals surface area contributed by atoms with Crippen LogP contribution in [0.1, 0.15) is 23.1 Å². The van der Waals surface area contributed by atoms with Crippen LogP contribution in [0.5, 0.6) is 0 Å². The first-order chi connectivity index (χ1) is 14.9. The molecule has 5 heteroatoms. The number of nitrogens with zero attached hydrogens (tertiary/aromatic N) is 1. The molecule has 1 aliphatic rings. The lowest BCUT2D eigenvalue weighted by molar-refractivity contribution is 0.305. The van der Waals surface area contributed by atoms with Gasteiger partial charge in [-0.1, -0.05) is 60.1 Å². The number of benzene rings is 3. The Kier molecular flexibility index (Phi) is 6.49. The topological polar surface area (TPSA) is 3.24 Å². The van der Waals surface area contributed by atoms with Gasteiger partial charge in [0.15, 0.2) is 11.6 Å². The van der Waals surface area contributed by atoms with Crippen molar-refractivity contribution in [2.24, 2.45) is 0 Å². The molecule has 0 atom stereocenters. The van der Waals surface area contributed by atoms with E-state index in [2.05, 4.69) is 17.0 Å².